The second-order valence-electron chi connectivity index (χ2n) is 6.63. The van der Waals surface area contributed by atoms with E-state index in [2.05, 4.69) is 36.0 Å². The highest BCUT2D eigenvalue weighted by Crippen LogP contribution is 2.28. The van der Waals surface area contributed by atoms with Crippen LogP contribution in [0.25, 0.3) is 0 Å². The van der Waals surface area contributed by atoms with Gasteiger partial charge in [0, 0.05) is 42.5 Å². The van der Waals surface area contributed by atoms with Crippen LogP contribution >= 0.6 is 11.3 Å². The summed E-state index contributed by atoms with van der Waals surface area (Å²) in [6.07, 6.45) is 8.04. The van der Waals surface area contributed by atoms with Gasteiger partial charge in [-0.25, -0.2) is 9.97 Å². The summed E-state index contributed by atoms with van der Waals surface area (Å²) in [4.78, 5) is 16.0. The van der Waals surface area contributed by atoms with Crippen molar-refractivity contribution in [3.63, 3.8) is 0 Å². The number of pyridine rings is 1. The lowest BCUT2D eigenvalue weighted by molar-refractivity contribution is 0.198. The summed E-state index contributed by atoms with van der Waals surface area (Å²) in [7, 11) is 1.69. The van der Waals surface area contributed by atoms with Crippen molar-refractivity contribution >= 4 is 11.3 Å². The second-order valence-corrected chi connectivity index (χ2v) is 7.35. The van der Waals surface area contributed by atoms with Crippen LogP contribution in [-0.2, 0) is 13.1 Å². The minimum Gasteiger partial charge on any atom is -0.497 e. The summed E-state index contributed by atoms with van der Waals surface area (Å²) in [5.74, 6) is 2.57. The van der Waals surface area contributed by atoms with Crippen molar-refractivity contribution in [2.75, 3.05) is 20.2 Å². The first-order valence-corrected chi connectivity index (χ1v) is 9.85. The topological polar surface area (TPSA) is 56.1 Å². The molecule has 1 fully saturated rings. The van der Waals surface area contributed by atoms with Crippen molar-refractivity contribution in [1.82, 2.24) is 24.4 Å². The summed E-state index contributed by atoms with van der Waals surface area (Å²) in [5.41, 5.74) is 4.06. The molecule has 26 heavy (non-hydrogen) atoms. The van der Waals surface area contributed by atoms with Crippen LogP contribution in [0.1, 0.15) is 36.0 Å². The van der Waals surface area contributed by atoms with E-state index < -0.39 is 0 Å². The lowest BCUT2D eigenvalue weighted by Gasteiger charge is -2.31. The largest absolute Gasteiger partial charge is 0.497 e. The number of imidazole rings is 1. The molecule has 0 saturated carbocycles. The zero-order valence-electron chi connectivity index (χ0n) is 14.9. The monoisotopic (exact) mass is 369 g/mol. The highest BCUT2D eigenvalue weighted by atomic mass is 32.1. The van der Waals surface area contributed by atoms with Crippen molar-refractivity contribution in [2.24, 2.45) is 0 Å². The van der Waals surface area contributed by atoms with Gasteiger partial charge in [-0.1, -0.05) is 0 Å². The Morgan fingerprint density at radius 2 is 2.00 bits per heavy atom. The number of hydrogen-bond acceptors (Lipinski definition) is 6. The maximum absolute atomic E-state index is 5.29. The number of thiazole rings is 1. The molecule has 0 unspecified atom stereocenters. The molecule has 3 aromatic rings. The molecule has 3 aromatic heterocycles. The molecule has 0 spiro atoms. The van der Waals surface area contributed by atoms with E-state index in [9.17, 15) is 0 Å². The predicted octanol–water partition coefficient (Wildman–Crippen LogP) is 3.17. The van der Waals surface area contributed by atoms with Gasteiger partial charge in [0.25, 0.3) is 0 Å². The number of methoxy groups -OCH3 is 1. The molecule has 0 amide bonds. The third-order valence-corrected chi connectivity index (χ3v) is 5.56. The Bertz CT molecular complexity index is 824. The second kappa shape index (κ2) is 7.97. The lowest BCUT2D eigenvalue weighted by Crippen LogP contribution is -2.33. The Morgan fingerprint density at radius 3 is 2.77 bits per heavy atom. The van der Waals surface area contributed by atoms with E-state index in [-0.39, 0.29) is 0 Å². The summed E-state index contributed by atoms with van der Waals surface area (Å²) >= 11 is 1.64. The number of hydrogen-bond donors (Lipinski definition) is 0. The third kappa shape index (κ3) is 3.94. The van der Waals surface area contributed by atoms with Gasteiger partial charge in [0.05, 0.1) is 30.6 Å². The van der Waals surface area contributed by atoms with Gasteiger partial charge in [-0.2, -0.15) is 0 Å². The molecule has 7 heteroatoms. The predicted molar refractivity (Wildman–Crippen MR) is 101 cm³/mol. The van der Waals surface area contributed by atoms with Gasteiger partial charge in [0.2, 0.25) is 0 Å². The van der Waals surface area contributed by atoms with Gasteiger partial charge in [0.1, 0.15) is 11.6 Å². The molecule has 0 bridgehead atoms. The maximum Gasteiger partial charge on any atom is 0.122 e. The van der Waals surface area contributed by atoms with Gasteiger partial charge in [-0.15, -0.1) is 11.3 Å². The van der Waals surface area contributed by atoms with Gasteiger partial charge in [-0.3, -0.25) is 9.88 Å². The highest BCUT2D eigenvalue weighted by Gasteiger charge is 2.24. The lowest BCUT2D eigenvalue weighted by atomic mass is 9.95. The first-order chi connectivity index (χ1) is 12.8. The van der Waals surface area contributed by atoms with E-state index in [1.165, 1.54) is 5.82 Å². The summed E-state index contributed by atoms with van der Waals surface area (Å²) in [6.45, 7) is 3.81. The van der Waals surface area contributed by atoms with Crippen LogP contribution in [0.5, 0.6) is 5.75 Å². The summed E-state index contributed by atoms with van der Waals surface area (Å²) < 4.78 is 7.54. The first-order valence-electron chi connectivity index (χ1n) is 8.91. The van der Waals surface area contributed by atoms with Crippen LogP contribution in [-0.4, -0.2) is 44.6 Å². The highest BCUT2D eigenvalue weighted by molar-refractivity contribution is 7.07. The number of nitrogens with zero attached hydrogens (tertiary/aromatic N) is 5. The van der Waals surface area contributed by atoms with Crippen molar-refractivity contribution < 1.29 is 4.74 Å². The number of aromatic nitrogens is 4. The Labute approximate surface area is 157 Å². The summed E-state index contributed by atoms with van der Waals surface area (Å²) in [6, 6.07) is 3.91. The van der Waals surface area contributed by atoms with Crippen LogP contribution in [0.3, 0.4) is 0 Å². The number of ether oxygens (including phenoxy) is 1. The average molecular weight is 369 g/mol. The van der Waals surface area contributed by atoms with E-state index in [0.29, 0.717) is 5.92 Å². The Hall–Kier alpha value is -2.25. The molecule has 136 valence electrons. The van der Waals surface area contributed by atoms with Gasteiger partial charge >= 0.3 is 0 Å². The molecular formula is C19H23N5OS. The van der Waals surface area contributed by atoms with Crippen molar-refractivity contribution in [3.05, 3.63) is 58.8 Å². The molecule has 0 aliphatic carbocycles. The number of piperidine rings is 1. The Kier molecular flexibility index (Phi) is 5.26. The molecule has 1 saturated heterocycles. The van der Waals surface area contributed by atoms with Crippen LogP contribution in [0.4, 0.5) is 0 Å². The molecule has 0 atom stereocenters. The molecular weight excluding hydrogens is 346 g/mol. The minimum absolute atomic E-state index is 0.512. The molecule has 0 radical (unpaired) electrons. The molecule has 6 nitrogen and oxygen atoms in total. The van der Waals surface area contributed by atoms with Crippen LogP contribution in [0.2, 0.25) is 0 Å². The Balaban J connectivity index is 1.36. The fourth-order valence-electron chi connectivity index (χ4n) is 3.55. The fraction of sp³-hybridized carbons (Fsp3) is 0.421. The molecule has 1 aliphatic heterocycles. The van der Waals surface area contributed by atoms with E-state index >= 15 is 0 Å². The molecule has 4 rings (SSSR count). The van der Waals surface area contributed by atoms with Crippen molar-refractivity contribution in [1.29, 1.82) is 0 Å². The SMILES string of the molecule is COc1ccnc(CN2CCC(c3nccn3Cc3cscn3)CC2)c1. The quantitative estimate of drug-likeness (QED) is 0.668. The van der Waals surface area contributed by atoms with Crippen LogP contribution in [0.15, 0.2) is 41.6 Å². The Morgan fingerprint density at radius 1 is 1.12 bits per heavy atom. The zero-order chi connectivity index (χ0) is 17.8. The van der Waals surface area contributed by atoms with Crippen molar-refractivity contribution in [2.45, 2.75) is 31.8 Å². The van der Waals surface area contributed by atoms with Crippen LogP contribution < -0.4 is 4.74 Å². The smallest absolute Gasteiger partial charge is 0.122 e. The zero-order valence-corrected chi connectivity index (χ0v) is 15.7. The van der Waals surface area contributed by atoms with Crippen molar-refractivity contribution in [3.8, 4) is 5.75 Å². The van der Waals surface area contributed by atoms with E-state index in [4.69, 9.17) is 4.74 Å². The van der Waals surface area contributed by atoms with E-state index in [0.717, 1.165) is 56.2 Å². The fourth-order valence-corrected chi connectivity index (χ4v) is 4.10. The first kappa shape index (κ1) is 17.2. The maximum atomic E-state index is 5.29. The normalized spacial score (nSPS) is 16.0. The van der Waals surface area contributed by atoms with Gasteiger partial charge in [0.15, 0.2) is 0 Å². The minimum atomic E-state index is 0.512. The van der Waals surface area contributed by atoms with E-state index in [1.807, 2.05) is 30.0 Å². The molecule has 0 aromatic carbocycles. The molecule has 1 aliphatic rings. The van der Waals surface area contributed by atoms with E-state index in [1.54, 1.807) is 18.4 Å². The van der Waals surface area contributed by atoms with Gasteiger partial charge < -0.3 is 9.30 Å². The summed E-state index contributed by atoms with van der Waals surface area (Å²) in [5, 5.41) is 2.10. The van der Waals surface area contributed by atoms with Crippen LogP contribution in [0, 0.1) is 0 Å². The standard InChI is InChI=1S/C19H23N5OS/c1-25-18-2-5-20-16(10-18)11-23-7-3-15(4-8-23)19-21-6-9-24(19)12-17-13-26-14-22-17/h2,5-6,9-10,13-15H,3-4,7-8,11-12H2,1H3. The number of rotatable bonds is 6. The molecule has 0 N–H and O–H groups in total. The average Bonchev–Trinajstić information content (AvgIpc) is 3.35. The van der Waals surface area contributed by atoms with Gasteiger partial charge in [-0.05, 0) is 32.0 Å². The third-order valence-electron chi connectivity index (χ3n) is 4.93. The number of likely N-dealkylation sites (tertiary alicyclic amines) is 1. The molecule has 4 heterocycles.